The molecular formula is C19H32ClIN4O4. The summed E-state index contributed by atoms with van der Waals surface area (Å²) in [7, 11) is 3.24. The van der Waals surface area contributed by atoms with E-state index in [0.29, 0.717) is 48.7 Å². The van der Waals surface area contributed by atoms with Gasteiger partial charge in [0, 0.05) is 26.7 Å². The lowest BCUT2D eigenvalue weighted by Crippen LogP contribution is -2.42. The molecule has 0 bridgehead atoms. The highest BCUT2D eigenvalue weighted by atomic mass is 127. The summed E-state index contributed by atoms with van der Waals surface area (Å²) in [4.78, 5) is 15.8. The predicted molar refractivity (Wildman–Crippen MR) is 127 cm³/mol. The molecule has 0 radical (unpaired) electrons. The zero-order chi connectivity index (χ0) is 21.2. The Morgan fingerprint density at radius 1 is 1.17 bits per heavy atom. The van der Waals surface area contributed by atoms with E-state index >= 15 is 0 Å². The van der Waals surface area contributed by atoms with Crippen molar-refractivity contribution < 1.29 is 19.0 Å². The number of benzene rings is 1. The summed E-state index contributed by atoms with van der Waals surface area (Å²) in [5.74, 6) is 1.71. The average molecular weight is 543 g/mol. The number of hydrogen-bond donors (Lipinski definition) is 3. The first-order valence-electron chi connectivity index (χ1n) is 9.10. The van der Waals surface area contributed by atoms with Gasteiger partial charge in [-0.3, -0.25) is 4.99 Å². The van der Waals surface area contributed by atoms with Crippen molar-refractivity contribution in [1.29, 1.82) is 0 Å². The minimum Gasteiger partial charge on any atom is -0.493 e. The Hall–Kier alpha value is -1.62. The van der Waals surface area contributed by atoms with Crippen molar-refractivity contribution in [2.45, 2.75) is 39.8 Å². The number of hydrogen-bond acceptors (Lipinski definition) is 5. The lowest BCUT2D eigenvalue weighted by Gasteiger charge is -2.20. The SMILES string of the molecule is CCOc1c(Cl)cc(CNC(=NC)NCCNC(=O)OC(C)(C)C)cc1OC.I. The Labute approximate surface area is 195 Å². The quantitative estimate of drug-likeness (QED) is 0.201. The smallest absolute Gasteiger partial charge is 0.407 e. The third-order valence-electron chi connectivity index (χ3n) is 3.35. The Kier molecular flexibility index (Phi) is 12.8. The van der Waals surface area contributed by atoms with E-state index in [-0.39, 0.29) is 24.0 Å². The molecule has 1 aromatic rings. The highest BCUT2D eigenvalue weighted by molar-refractivity contribution is 14.0. The first-order valence-corrected chi connectivity index (χ1v) is 9.48. The number of carbonyl (C=O) groups excluding carboxylic acids is 1. The summed E-state index contributed by atoms with van der Waals surface area (Å²) in [6.07, 6.45) is -0.451. The van der Waals surface area contributed by atoms with Gasteiger partial charge in [0.1, 0.15) is 5.60 Å². The monoisotopic (exact) mass is 542 g/mol. The van der Waals surface area contributed by atoms with E-state index in [1.54, 1.807) is 14.2 Å². The van der Waals surface area contributed by atoms with Gasteiger partial charge in [0.05, 0.1) is 18.7 Å². The molecule has 0 aliphatic carbocycles. The first-order chi connectivity index (χ1) is 13.2. The maximum absolute atomic E-state index is 11.6. The molecule has 3 N–H and O–H groups in total. The molecule has 0 unspecified atom stereocenters. The van der Waals surface area contributed by atoms with Crippen molar-refractivity contribution in [3.05, 3.63) is 22.7 Å². The van der Waals surface area contributed by atoms with Gasteiger partial charge in [0.2, 0.25) is 0 Å². The molecular weight excluding hydrogens is 511 g/mol. The van der Waals surface area contributed by atoms with Gasteiger partial charge < -0.3 is 30.2 Å². The van der Waals surface area contributed by atoms with Crippen molar-refractivity contribution in [3.63, 3.8) is 0 Å². The van der Waals surface area contributed by atoms with Crippen molar-refractivity contribution >= 4 is 47.6 Å². The van der Waals surface area contributed by atoms with Gasteiger partial charge in [0.15, 0.2) is 17.5 Å². The maximum Gasteiger partial charge on any atom is 0.407 e. The number of amides is 1. The summed E-state index contributed by atoms with van der Waals surface area (Å²) in [5, 5.41) is 9.46. The number of carbonyl (C=O) groups is 1. The number of nitrogens with zero attached hydrogens (tertiary/aromatic N) is 1. The van der Waals surface area contributed by atoms with Gasteiger partial charge in [0.25, 0.3) is 0 Å². The number of ether oxygens (including phenoxy) is 3. The Balaban J connectivity index is 0.00000784. The molecule has 0 saturated heterocycles. The molecule has 1 rings (SSSR count). The van der Waals surface area contributed by atoms with Crippen LogP contribution in [0.15, 0.2) is 17.1 Å². The molecule has 0 aromatic heterocycles. The first kappa shape index (κ1) is 27.4. The maximum atomic E-state index is 11.6. The minimum atomic E-state index is -0.519. The van der Waals surface area contributed by atoms with E-state index < -0.39 is 11.7 Å². The van der Waals surface area contributed by atoms with E-state index in [1.165, 1.54) is 0 Å². The zero-order valence-corrected chi connectivity index (χ0v) is 20.9. The molecule has 10 heteroatoms. The lowest BCUT2D eigenvalue weighted by molar-refractivity contribution is 0.0529. The lowest BCUT2D eigenvalue weighted by atomic mass is 10.2. The van der Waals surface area contributed by atoms with E-state index in [1.807, 2.05) is 39.8 Å². The fourth-order valence-corrected chi connectivity index (χ4v) is 2.51. The second-order valence-electron chi connectivity index (χ2n) is 6.82. The third-order valence-corrected chi connectivity index (χ3v) is 3.63. The van der Waals surface area contributed by atoms with Crippen molar-refractivity contribution in [1.82, 2.24) is 16.0 Å². The number of alkyl carbamates (subject to hydrolysis) is 1. The average Bonchev–Trinajstić information content (AvgIpc) is 2.61. The predicted octanol–water partition coefficient (Wildman–Crippen LogP) is 3.56. The van der Waals surface area contributed by atoms with E-state index in [9.17, 15) is 4.79 Å². The molecule has 1 amide bonds. The highest BCUT2D eigenvalue weighted by Crippen LogP contribution is 2.36. The standard InChI is InChI=1S/C19H31ClN4O4.HI/c1-7-27-16-14(20)10-13(11-15(16)26-6)12-24-17(21-5)22-8-9-23-18(25)28-19(2,3)4;/h10-11H,7-9,12H2,1-6H3,(H,23,25)(H2,21,22,24);1H. The van der Waals surface area contributed by atoms with Gasteiger partial charge >= 0.3 is 6.09 Å². The van der Waals surface area contributed by atoms with E-state index in [0.717, 1.165) is 5.56 Å². The topological polar surface area (TPSA) is 93.2 Å². The molecule has 29 heavy (non-hydrogen) atoms. The molecule has 0 saturated carbocycles. The number of guanidine groups is 1. The van der Waals surface area contributed by atoms with Gasteiger partial charge in [-0.15, -0.1) is 24.0 Å². The summed E-state index contributed by atoms with van der Waals surface area (Å²) in [5.41, 5.74) is 0.398. The summed E-state index contributed by atoms with van der Waals surface area (Å²) >= 11 is 6.29. The van der Waals surface area contributed by atoms with Crippen molar-refractivity contribution in [3.8, 4) is 11.5 Å². The number of rotatable bonds is 8. The van der Waals surface area contributed by atoms with Crippen LogP contribution in [0, 0.1) is 0 Å². The molecule has 166 valence electrons. The number of methoxy groups -OCH3 is 1. The van der Waals surface area contributed by atoms with Crippen LogP contribution in [0.5, 0.6) is 11.5 Å². The van der Waals surface area contributed by atoms with Crippen LogP contribution in [0.25, 0.3) is 0 Å². The normalized spacial score (nSPS) is 11.2. The molecule has 8 nitrogen and oxygen atoms in total. The molecule has 1 aromatic carbocycles. The van der Waals surface area contributed by atoms with Crippen LogP contribution in [-0.2, 0) is 11.3 Å². The Morgan fingerprint density at radius 3 is 2.38 bits per heavy atom. The molecule has 0 fully saturated rings. The fraction of sp³-hybridized carbons (Fsp3) is 0.579. The Morgan fingerprint density at radius 2 is 1.83 bits per heavy atom. The summed E-state index contributed by atoms with van der Waals surface area (Å²) in [6.45, 7) is 9.22. The second-order valence-corrected chi connectivity index (χ2v) is 7.23. The van der Waals surface area contributed by atoms with Gasteiger partial charge in [-0.05, 0) is 45.4 Å². The van der Waals surface area contributed by atoms with E-state index in [4.69, 9.17) is 25.8 Å². The number of aliphatic imine (C=N–C) groups is 1. The molecule has 0 aliphatic heterocycles. The number of halogens is 2. The van der Waals surface area contributed by atoms with Crippen LogP contribution in [0.1, 0.15) is 33.3 Å². The highest BCUT2D eigenvalue weighted by Gasteiger charge is 2.15. The summed E-state index contributed by atoms with van der Waals surface area (Å²) in [6, 6.07) is 3.68. The summed E-state index contributed by atoms with van der Waals surface area (Å²) < 4.78 is 16.0. The fourth-order valence-electron chi connectivity index (χ4n) is 2.23. The van der Waals surface area contributed by atoms with Crippen LogP contribution in [0.3, 0.4) is 0 Å². The Bertz CT molecular complexity index is 681. The van der Waals surface area contributed by atoms with Crippen molar-refractivity contribution in [2.75, 3.05) is 33.9 Å². The van der Waals surface area contributed by atoms with Crippen LogP contribution >= 0.6 is 35.6 Å². The molecule has 0 aliphatic rings. The van der Waals surface area contributed by atoms with Crippen LogP contribution in [0.4, 0.5) is 4.79 Å². The molecule has 0 atom stereocenters. The third kappa shape index (κ3) is 10.6. The van der Waals surface area contributed by atoms with Gasteiger partial charge in [-0.25, -0.2) is 4.79 Å². The molecule has 0 heterocycles. The van der Waals surface area contributed by atoms with Crippen LogP contribution < -0.4 is 25.4 Å². The zero-order valence-electron chi connectivity index (χ0n) is 17.8. The largest absolute Gasteiger partial charge is 0.493 e. The van der Waals surface area contributed by atoms with Crippen LogP contribution in [-0.4, -0.2) is 51.5 Å². The minimum absolute atomic E-state index is 0. The van der Waals surface area contributed by atoms with E-state index in [2.05, 4.69) is 20.9 Å². The van der Waals surface area contributed by atoms with Crippen LogP contribution in [0.2, 0.25) is 5.02 Å². The number of nitrogens with one attached hydrogen (secondary N) is 3. The second kappa shape index (κ2) is 13.6. The van der Waals surface area contributed by atoms with Gasteiger partial charge in [-0.1, -0.05) is 11.6 Å². The van der Waals surface area contributed by atoms with Crippen molar-refractivity contribution in [2.24, 2.45) is 4.99 Å². The molecule has 0 spiro atoms. The van der Waals surface area contributed by atoms with Gasteiger partial charge in [-0.2, -0.15) is 0 Å².